The Bertz CT molecular complexity index is 1130. The smallest absolute Gasteiger partial charge is 0.490 e. The number of phenols is 1. The predicted molar refractivity (Wildman–Crippen MR) is 99.6 cm³/mol. The minimum atomic E-state index is -5.08. The maximum atomic E-state index is 14.1. The third kappa shape index (κ3) is 5.23. The Hall–Kier alpha value is -4.13. The number of aromatic nitrogens is 1. The van der Waals surface area contributed by atoms with Gasteiger partial charge in [-0.1, -0.05) is 30.3 Å². The van der Waals surface area contributed by atoms with Gasteiger partial charge >= 0.3 is 12.1 Å². The molecule has 0 spiro atoms. The van der Waals surface area contributed by atoms with E-state index in [4.69, 9.17) is 15.6 Å². The molecule has 0 unspecified atom stereocenters. The molecule has 3 aromatic rings. The predicted octanol–water partition coefficient (Wildman–Crippen LogP) is 4.35. The number of alkyl halides is 3. The Morgan fingerprint density at radius 3 is 2.23 bits per heavy atom. The van der Waals surface area contributed by atoms with Crippen LogP contribution in [-0.2, 0) is 4.79 Å². The van der Waals surface area contributed by atoms with Gasteiger partial charge in [0.1, 0.15) is 29.0 Å². The Morgan fingerprint density at radius 1 is 1.07 bits per heavy atom. The first-order valence-corrected chi connectivity index (χ1v) is 8.09. The van der Waals surface area contributed by atoms with Crippen LogP contribution in [0, 0.1) is 17.1 Å². The maximum absolute atomic E-state index is 14.1. The van der Waals surface area contributed by atoms with Crippen molar-refractivity contribution < 1.29 is 32.6 Å². The van der Waals surface area contributed by atoms with E-state index >= 15 is 0 Å². The highest BCUT2D eigenvalue weighted by Gasteiger charge is 2.38. The topological polar surface area (TPSA) is 120 Å². The summed E-state index contributed by atoms with van der Waals surface area (Å²) in [6, 6.07) is 16.2. The lowest BCUT2D eigenvalue weighted by atomic mass is 9.98. The number of halogens is 4. The van der Waals surface area contributed by atoms with E-state index in [0.717, 1.165) is 0 Å². The zero-order valence-electron chi connectivity index (χ0n) is 15.0. The summed E-state index contributed by atoms with van der Waals surface area (Å²) in [5.41, 5.74) is 7.73. The minimum absolute atomic E-state index is 0.0200. The number of hydrogen-bond acceptors (Lipinski definition) is 5. The number of pyridine rings is 1. The summed E-state index contributed by atoms with van der Waals surface area (Å²) in [4.78, 5) is 13.1. The molecular formula is C20H13F4N3O3. The SMILES string of the molecule is N#Cc1c(-c2ccccc2F)cc(-c2cccc(O)c2)nc1N.O=C(O)C(F)(F)F. The van der Waals surface area contributed by atoms with Gasteiger partial charge < -0.3 is 15.9 Å². The first-order chi connectivity index (χ1) is 14.0. The number of rotatable bonds is 2. The molecule has 0 aliphatic carbocycles. The highest BCUT2D eigenvalue weighted by molar-refractivity contribution is 5.80. The summed E-state index contributed by atoms with van der Waals surface area (Å²) in [6.45, 7) is 0. The standard InChI is InChI=1S/C18H12FN3O.C2HF3O2/c19-16-7-2-1-6-13(16)14-9-17(22-18(21)15(14)10-20)11-4-3-5-12(23)8-11;3-2(4,5)1(6)7/h1-9,23H,(H2,21,22);(H,6,7). The Morgan fingerprint density at radius 2 is 1.70 bits per heavy atom. The number of phenolic OH excluding ortho intramolecular Hbond substituents is 1. The molecule has 3 rings (SSSR count). The van der Waals surface area contributed by atoms with Gasteiger partial charge in [-0.15, -0.1) is 0 Å². The molecule has 4 N–H and O–H groups in total. The van der Waals surface area contributed by atoms with E-state index < -0.39 is 18.0 Å². The molecule has 30 heavy (non-hydrogen) atoms. The van der Waals surface area contributed by atoms with Gasteiger partial charge in [0.15, 0.2) is 0 Å². The van der Waals surface area contributed by atoms with Crippen molar-refractivity contribution in [3.63, 3.8) is 0 Å². The van der Waals surface area contributed by atoms with E-state index in [1.807, 2.05) is 6.07 Å². The van der Waals surface area contributed by atoms with E-state index in [1.54, 1.807) is 36.4 Å². The molecule has 0 aliphatic rings. The minimum Gasteiger partial charge on any atom is -0.508 e. The van der Waals surface area contributed by atoms with Gasteiger partial charge in [0, 0.05) is 16.7 Å². The maximum Gasteiger partial charge on any atom is 0.490 e. The van der Waals surface area contributed by atoms with E-state index in [0.29, 0.717) is 16.8 Å². The number of benzene rings is 2. The number of carboxylic acids is 1. The third-order valence-corrected chi connectivity index (χ3v) is 3.71. The van der Waals surface area contributed by atoms with Gasteiger partial charge in [0.2, 0.25) is 0 Å². The van der Waals surface area contributed by atoms with Crippen LogP contribution in [-0.4, -0.2) is 27.3 Å². The van der Waals surface area contributed by atoms with Crippen molar-refractivity contribution >= 4 is 11.8 Å². The van der Waals surface area contributed by atoms with Gasteiger partial charge in [0.05, 0.1) is 5.69 Å². The van der Waals surface area contributed by atoms with Crippen molar-refractivity contribution in [2.75, 3.05) is 5.73 Å². The quantitative estimate of drug-likeness (QED) is 0.531. The zero-order chi connectivity index (χ0) is 22.5. The summed E-state index contributed by atoms with van der Waals surface area (Å²) in [7, 11) is 0. The lowest BCUT2D eigenvalue weighted by molar-refractivity contribution is -0.192. The van der Waals surface area contributed by atoms with Crippen LogP contribution in [0.3, 0.4) is 0 Å². The lowest BCUT2D eigenvalue weighted by Gasteiger charge is -2.11. The van der Waals surface area contributed by atoms with Crippen LogP contribution in [0.4, 0.5) is 23.4 Å². The highest BCUT2D eigenvalue weighted by atomic mass is 19.4. The second-order valence-electron chi connectivity index (χ2n) is 5.76. The first-order valence-electron chi connectivity index (χ1n) is 8.09. The average molecular weight is 419 g/mol. The summed E-state index contributed by atoms with van der Waals surface area (Å²) < 4.78 is 45.8. The number of carboxylic acid groups (broad SMARTS) is 1. The number of hydrogen-bond donors (Lipinski definition) is 3. The van der Waals surface area contributed by atoms with Crippen molar-refractivity contribution in [3.8, 4) is 34.2 Å². The van der Waals surface area contributed by atoms with Crippen molar-refractivity contribution in [1.82, 2.24) is 4.98 Å². The average Bonchev–Trinajstić information content (AvgIpc) is 2.67. The fraction of sp³-hybridized carbons (Fsp3) is 0.0500. The number of nitrogens with zero attached hydrogens (tertiary/aromatic N) is 2. The Balaban J connectivity index is 0.000000396. The van der Waals surface area contributed by atoms with E-state index in [9.17, 15) is 27.9 Å². The molecular weight excluding hydrogens is 406 g/mol. The Kier molecular flexibility index (Phi) is 6.59. The Labute approximate surface area is 167 Å². The molecule has 1 aromatic heterocycles. The number of aliphatic carboxylic acids is 1. The monoisotopic (exact) mass is 419 g/mol. The van der Waals surface area contributed by atoms with E-state index in [-0.39, 0.29) is 22.7 Å². The highest BCUT2D eigenvalue weighted by Crippen LogP contribution is 2.33. The molecule has 6 nitrogen and oxygen atoms in total. The van der Waals surface area contributed by atoms with Crippen molar-refractivity contribution in [2.45, 2.75) is 6.18 Å². The number of anilines is 1. The molecule has 0 atom stereocenters. The van der Waals surface area contributed by atoms with Crippen molar-refractivity contribution in [1.29, 1.82) is 5.26 Å². The van der Waals surface area contributed by atoms with E-state index in [2.05, 4.69) is 4.98 Å². The largest absolute Gasteiger partial charge is 0.508 e. The summed E-state index contributed by atoms with van der Waals surface area (Å²) in [5.74, 6) is -3.10. The van der Waals surface area contributed by atoms with Crippen LogP contribution in [0.1, 0.15) is 5.56 Å². The number of nitrogens with two attached hydrogens (primary N) is 1. The number of carbonyl (C=O) groups is 1. The molecule has 1 heterocycles. The first kappa shape index (κ1) is 22.2. The molecule has 0 bridgehead atoms. The van der Waals surface area contributed by atoms with E-state index in [1.165, 1.54) is 18.2 Å². The van der Waals surface area contributed by atoms with Crippen molar-refractivity contribution in [2.24, 2.45) is 0 Å². The van der Waals surface area contributed by atoms with Gasteiger partial charge in [-0.05, 0) is 24.3 Å². The normalized spacial score (nSPS) is 10.5. The molecule has 0 fully saturated rings. The molecule has 10 heteroatoms. The second-order valence-corrected chi connectivity index (χ2v) is 5.76. The fourth-order valence-corrected chi connectivity index (χ4v) is 2.39. The van der Waals surface area contributed by atoms with Crippen LogP contribution in [0.5, 0.6) is 5.75 Å². The van der Waals surface area contributed by atoms with Crippen LogP contribution in [0.25, 0.3) is 22.4 Å². The number of nitriles is 1. The third-order valence-electron chi connectivity index (χ3n) is 3.71. The number of aromatic hydroxyl groups is 1. The molecule has 0 saturated heterocycles. The molecule has 0 amide bonds. The molecule has 2 aromatic carbocycles. The molecule has 154 valence electrons. The molecule has 0 saturated carbocycles. The fourth-order valence-electron chi connectivity index (χ4n) is 2.39. The molecule has 0 aliphatic heterocycles. The second kappa shape index (κ2) is 8.91. The van der Waals surface area contributed by atoms with Gasteiger partial charge in [-0.25, -0.2) is 14.2 Å². The lowest BCUT2D eigenvalue weighted by Crippen LogP contribution is -2.21. The van der Waals surface area contributed by atoms with Gasteiger partial charge in [-0.3, -0.25) is 0 Å². The van der Waals surface area contributed by atoms with Crippen LogP contribution in [0.15, 0.2) is 54.6 Å². The van der Waals surface area contributed by atoms with Gasteiger partial charge in [-0.2, -0.15) is 18.4 Å². The van der Waals surface area contributed by atoms with Crippen LogP contribution < -0.4 is 5.73 Å². The summed E-state index contributed by atoms with van der Waals surface area (Å²) in [5, 5.41) is 26.1. The summed E-state index contributed by atoms with van der Waals surface area (Å²) >= 11 is 0. The van der Waals surface area contributed by atoms with Crippen molar-refractivity contribution in [3.05, 3.63) is 66.0 Å². The van der Waals surface area contributed by atoms with Crippen LogP contribution >= 0.6 is 0 Å². The van der Waals surface area contributed by atoms with Gasteiger partial charge in [0.25, 0.3) is 0 Å². The molecule has 0 radical (unpaired) electrons. The summed E-state index contributed by atoms with van der Waals surface area (Å²) in [6.07, 6.45) is -5.08. The zero-order valence-corrected chi connectivity index (χ0v) is 15.0. The number of nitrogen functional groups attached to an aromatic ring is 1. The van der Waals surface area contributed by atoms with Crippen LogP contribution in [0.2, 0.25) is 0 Å².